The average Bonchev–Trinajstić information content (AvgIpc) is 2.51. The van der Waals surface area contributed by atoms with Gasteiger partial charge in [-0.25, -0.2) is 9.97 Å². The molecule has 1 unspecified atom stereocenters. The lowest BCUT2D eigenvalue weighted by Gasteiger charge is -2.16. The molecule has 0 aliphatic heterocycles. The Morgan fingerprint density at radius 3 is 2.67 bits per heavy atom. The number of para-hydroxylation sites is 2. The van der Waals surface area contributed by atoms with E-state index in [0.717, 1.165) is 17.9 Å². The van der Waals surface area contributed by atoms with E-state index in [0.29, 0.717) is 23.4 Å². The number of nitrogens with two attached hydrogens (primary N) is 1. The molecule has 112 valence electrons. The highest BCUT2D eigenvalue weighted by Gasteiger charge is 2.11. The van der Waals surface area contributed by atoms with Crippen LogP contribution in [0.1, 0.15) is 20.3 Å². The van der Waals surface area contributed by atoms with Gasteiger partial charge in [-0.2, -0.15) is 0 Å². The van der Waals surface area contributed by atoms with E-state index in [2.05, 4.69) is 34.4 Å². The van der Waals surface area contributed by atoms with Crippen LogP contribution in [0.2, 0.25) is 0 Å². The lowest BCUT2D eigenvalue weighted by molar-refractivity contribution is 0.417. The fourth-order valence-corrected chi connectivity index (χ4v) is 1.82. The zero-order valence-electron chi connectivity index (χ0n) is 12.6. The van der Waals surface area contributed by atoms with E-state index in [1.165, 1.54) is 6.33 Å². The van der Waals surface area contributed by atoms with Crippen molar-refractivity contribution >= 4 is 23.0 Å². The number of nitrogens with one attached hydrogen (secondary N) is 2. The quantitative estimate of drug-likeness (QED) is 0.757. The number of benzene rings is 1. The number of aromatic nitrogens is 2. The van der Waals surface area contributed by atoms with Crippen LogP contribution in [-0.2, 0) is 0 Å². The summed E-state index contributed by atoms with van der Waals surface area (Å²) in [5.74, 6) is 1.92. The highest BCUT2D eigenvalue weighted by atomic mass is 16.5. The van der Waals surface area contributed by atoms with Crippen molar-refractivity contribution in [1.29, 1.82) is 0 Å². The maximum absolute atomic E-state index is 6.13. The lowest BCUT2D eigenvalue weighted by atomic mass is 10.2. The highest BCUT2D eigenvalue weighted by Crippen LogP contribution is 2.30. The molecule has 0 fully saturated rings. The third-order valence-corrected chi connectivity index (χ3v) is 3.24. The minimum atomic E-state index is 0.293. The SMILES string of the molecule is CCC(C)Nc1ncnc(Nc2ccccc2OC)c1N. The van der Waals surface area contributed by atoms with E-state index in [1.54, 1.807) is 7.11 Å². The third kappa shape index (κ3) is 3.53. The van der Waals surface area contributed by atoms with Crippen molar-refractivity contribution in [3.63, 3.8) is 0 Å². The molecule has 6 heteroatoms. The molecule has 0 radical (unpaired) electrons. The zero-order chi connectivity index (χ0) is 15.2. The summed E-state index contributed by atoms with van der Waals surface area (Å²) < 4.78 is 5.31. The Bertz CT molecular complexity index is 602. The Labute approximate surface area is 124 Å². The third-order valence-electron chi connectivity index (χ3n) is 3.24. The zero-order valence-corrected chi connectivity index (χ0v) is 12.6. The molecule has 21 heavy (non-hydrogen) atoms. The van der Waals surface area contributed by atoms with Crippen molar-refractivity contribution in [2.45, 2.75) is 26.3 Å². The normalized spacial score (nSPS) is 11.8. The summed E-state index contributed by atoms with van der Waals surface area (Å²) in [6, 6.07) is 7.89. The minimum absolute atomic E-state index is 0.293. The van der Waals surface area contributed by atoms with E-state index < -0.39 is 0 Å². The van der Waals surface area contributed by atoms with E-state index >= 15 is 0 Å². The van der Waals surface area contributed by atoms with Crippen LogP contribution >= 0.6 is 0 Å². The van der Waals surface area contributed by atoms with Crippen LogP contribution < -0.4 is 21.1 Å². The van der Waals surface area contributed by atoms with E-state index in [-0.39, 0.29) is 0 Å². The molecule has 1 heterocycles. The molecule has 0 aliphatic carbocycles. The van der Waals surface area contributed by atoms with Gasteiger partial charge in [0.2, 0.25) is 0 Å². The van der Waals surface area contributed by atoms with Gasteiger partial charge < -0.3 is 21.1 Å². The van der Waals surface area contributed by atoms with Crippen LogP contribution in [0.5, 0.6) is 5.75 Å². The predicted molar refractivity (Wildman–Crippen MR) is 86.1 cm³/mol. The van der Waals surface area contributed by atoms with Crippen molar-refractivity contribution in [2.75, 3.05) is 23.5 Å². The van der Waals surface area contributed by atoms with Gasteiger partial charge in [-0.1, -0.05) is 19.1 Å². The molecular formula is C15H21N5O. The first-order valence-electron chi connectivity index (χ1n) is 6.92. The summed E-state index contributed by atoms with van der Waals surface area (Å²) in [5.41, 5.74) is 7.43. The number of nitrogen functional groups attached to an aromatic ring is 1. The van der Waals surface area contributed by atoms with Crippen molar-refractivity contribution in [3.8, 4) is 5.75 Å². The first-order valence-corrected chi connectivity index (χ1v) is 6.92. The van der Waals surface area contributed by atoms with Crippen molar-refractivity contribution in [3.05, 3.63) is 30.6 Å². The van der Waals surface area contributed by atoms with Gasteiger partial charge in [0.15, 0.2) is 11.6 Å². The Morgan fingerprint density at radius 2 is 1.95 bits per heavy atom. The van der Waals surface area contributed by atoms with Crippen LogP contribution in [0.15, 0.2) is 30.6 Å². The number of hydrogen-bond donors (Lipinski definition) is 3. The molecule has 2 aromatic rings. The van der Waals surface area contributed by atoms with Crippen LogP contribution in [0, 0.1) is 0 Å². The first kappa shape index (κ1) is 14.9. The van der Waals surface area contributed by atoms with Gasteiger partial charge in [0.1, 0.15) is 17.8 Å². The van der Waals surface area contributed by atoms with Gasteiger partial charge in [0.25, 0.3) is 0 Å². The van der Waals surface area contributed by atoms with Gasteiger partial charge >= 0.3 is 0 Å². The van der Waals surface area contributed by atoms with Gasteiger partial charge in [0.05, 0.1) is 12.8 Å². The fourth-order valence-electron chi connectivity index (χ4n) is 1.82. The number of methoxy groups -OCH3 is 1. The second-order valence-corrected chi connectivity index (χ2v) is 4.76. The minimum Gasteiger partial charge on any atom is -0.495 e. The summed E-state index contributed by atoms with van der Waals surface area (Å²) >= 11 is 0. The Kier molecular flexibility index (Phi) is 4.81. The first-order chi connectivity index (χ1) is 10.2. The lowest BCUT2D eigenvalue weighted by Crippen LogP contribution is -2.16. The van der Waals surface area contributed by atoms with Gasteiger partial charge in [-0.05, 0) is 25.5 Å². The maximum Gasteiger partial charge on any atom is 0.159 e. The van der Waals surface area contributed by atoms with Crippen molar-refractivity contribution < 1.29 is 4.74 Å². The summed E-state index contributed by atoms with van der Waals surface area (Å²) in [5, 5.41) is 6.45. The summed E-state index contributed by atoms with van der Waals surface area (Å²) in [6.45, 7) is 4.18. The molecule has 1 aromatic heterocycles. The number of anilines is 4. The molecule has 1 aromatic carbocycles. The standard InChI is InChI=1S/C15H21N5O/c1-4-10(2)19-14-13(16)15(18-9-17-14)20-11-7-5-6-8-12(11)21-3/h5-10H,4,16H2,1-3H3,(H2,17,18,19,20). The second kappa shape index (κ2) is 6.78. The summed E-state index contributed by atoms with van der Waals surface area (Å²) in [7, 11) is 1.62. The van der Waals surface area contributed by atoms with E-state index in [9.17, 15) is 0 Å². The van der Waals surface area contributed by atoms with Crippen LogP contribution in [0.4, 0.5) is 23.0 Å². The Balaban J connectivity index is 2.26. The number of rotatable bonds is 6. The number of nitrogens with zero attached hydrogens (tertiary/aromatic N) is 2. The van der Waals surface area contributed by atoms with Gasteiger partial charge in [0, 0.05) is 6.04 Å². The highest BCUT2D eigenvalue weighted by molar-refractivity contribution is 5.79. The summed E-state index contributed by atoms with van der Waals surface area (Å²) in [4.78, 5) is 8.39. The molecule has 6 nitrogen and oxygen atoms in total. The average molecular weight is 287 g/mol. The molecule has 2 rings (SSSR count). The largest absolute Gasteiger partial charge is 0.495 e. The molecule has 0 amide bonds. The topological polar surface area (TPSA) is 85.1 Å². The molecule has 0 aliphatic rings. The molecule has 0 spiro atoms. The molecule has 0 saturated heterocycles. The van der Waals surface area contributed by atoms with Crippen LogP contribution in [-0.4, -0.2) is 23.1 Å². The van der Waals surface area contributed by atoms with Gasteiger partial charge in [-0.15, -0.1) is 0 Å². The maximum atomic E-state index is 6.13. The van der Waals surface area contributed by atoms with Crippen molar-refractivity contribution in [1.82, 2.24) is 9.97 Å². The molecule has 0 bridgehead atoms. The van der Waals surface area contributed by atoms with Gasteiger partial charge in [-0.3, -0.25) is 0 Å². The fraction of sp³-hybridized carbons (Fsp3) is 0.333. The van der Waals surface area contributed by atoms with Crippen LogP contribution in [0.25, 0.3) is 0 Å². The monoisotopic (exact) mass is 287 g/mol. The molecule has 1 atom stereocenters. The van der Waals surface area contributed by atoms with E-state index in [4.69, 9.17) is 10.5 Å². The Morgan fingerprint density at radius 1 is 1.24 bits per heavy atom. The molecule has 0 saturated carbocycles. The smallest absolute Gasteiger partial charge is 0.159 e. The van der Waals surface area contributed by atoms with E-state index in [1.807, 2.05) is 24.3 Å². The number of ether oxygens (including phenoxy) is 1. The summed E-state index contributed by atoms with van der Waals surface area (Å²) in [6.07, 6.45) is 2.47. The second-order valence-electron chi connectivity index (χ2n) is 4.76. The number of hydrogen-bond acceptors (Lipinski definition) is 6. The van der Waals surface area contributed by atoms with Crippen molar-refractivity contribution in [2.24, 2.45) is 0 Å². The Hall–Kier alpha value is -2.50. The van der Waals surface area contributed by atoms with Crippen LogP contribution in [0.3, 0.4) is 0 Å². The molecular weight excluding hydrogens is 266 g/mol. The molecule has 4 N–H and O–H groups in total. The predicted octanol–water partition coefficient (Wildman–Crippen LogP) is 3.02.